The molecule has 2 heterocycles. The van der Waals surface area contributed by atoms with Crippen molar-refractivity contribution in [2.45, 2.75) is 31.9 Å². The number of alkyl halides is 1. The van der Waals surface area contributed by atoms with E-state index < -0.39 is 23.8 Å². The van der Waals surface area contributed by atoms with Crippen molar-refractivity contribution in [3.8, 4) is 17.6 Å². The van der Waals surface area contributed by atoms with Gasteiger partial charge in [-0.15, -0.1) is 0 Å². The molecule has 1 N–H and O–H groups in total. The molecule has 37 heavy (non-hydrogen) atoms. The van der Waals surface area contributed by atoms with E-state index in [9.17, 15) is 18.7 Å². The Morgan fingerprint density at radius 3 is 2.70 bits per heavy atom. The van der Waals surface area contributed by atoms with Crippen LogP contribution in [0.1, 0.15) is 43.0 Å². The first-order chi connectivity index (χ1) is 17.8. The number of carbonyl (C=O) groups is 1. The van der Waals surface area contributed by atoms with Gasteiger partial charge in [-0.2, -0.15) is 0 Å². The lowest BCUT2D eigenvalue weighted by atomic mass is 9.79. The van der Waals surface area contributed by atoms with Crippen LogP contribution in [0, 0.1) is 35.3 Å². The number of methoxy groups -OCH3 is 1. The number of piperidine rings is 1. The number of nitrogens with zero attached hydrogens (tertiary/aromatic N) is 2. The maximum atomic E-state index is 15.4. The largest absolute Gasteiger partial charge is 0.497 e. The molecule has 194 valence electrons. The molecule has 3 atom stereocenters. The fourth-order valence-corrected chi connectivity index (χ4v) is 5.08. The van der Waals surface area contributed by atoms with Crippen molar-refractivity contribution >= 4 is 16.9 Å². The second-order valence-electron chi connectivity index (χ2n) is 9.43. The molecule has 0 aliphatic carbocycles. The van der Waals surface area contributed by atoms with Crippen LogP contribution in [0.25, 0.3) is 10.9 Å². The summed E-state index contributed by atoms with van der Waals surface area (Å²) in [6, 6.07) is 10.2. The zero-order valence-corrected chi connectivity index (χ0v) is 20.6. The number of aliphatic carboxylic acids is 1. The molecule has 2 aromatic carbocycles. The molecule has 8 heteroatoms. The standard InChI is InChI=1S/C29H29F3N2O3/c1-37-24-5-7-28-26(17-24)25(8-10-33-28)27(32)6-4-20-9-12-34(18-21(20)15-29(35)36)11-2-3-19-13-22(30)16-23(31)14-19/h5,7-8,10,13-14,16-17,20-21,27H,4,6,9,11-12,15,18H2,1H3,(H,35,36)/t20-,21+,27-/m1/s1. The number of carboxylic acid groups (broad SMARTS) is 1. The van der Waals surface area contributed by atoms with Crippen molar-refractivity contribution in [1.82, 2.24) is 9.88 Å². The fraction of sp³-hybridized carbons (Fsp3) is 0.379. The highest BCUT2D eigenvalue weighted by Crippen LogP contribution is 2.36. The summed E-state index contributed by atoms with van der Waals surface area (Å²) in [5.74, 6) is 4.01. The van der Waals surface area contributed by atoms with Crippen LogP contribution in [0.4, 0.5) is 13.2 Å². The quantitative estimate of drug-likeness (QED) is 0.390. The molecule has 3 aromatic rings. The Morgan fingerprint density at radius 1 is 1.19 bits per heavy atom. The number of likely N-dealkylation sites (tertiary alicyclic amines) is 1. The first-order valence-electron chi connectivity index (χ1n) is 12.3. The Labute approximate surface area is 214 Å². The highest BCUT2D eigenvalue weighted by atomic mass is 19.1. The van der Waals surface area contributed by atoms with Crippen molar-refractivity contribution in [3.63, 3.8) is 0 Å². The summed E-state index contributed by atoms with van der Waals surface area (Å²) in [5.41, 5.74) is 1.50. The molecule has 5 nitrogen and oxygen atoms in total. The Balaban J connectivity index is 1.39. The molecule has 1 aromatic heterocycles. The highest BCUT2D eigenvalue weighted by Gasteiger charge is 2.31. The third kappa shape index (κ3) is 7.01. The van der Waals surface area contributed by atoms with E-state index >= 15 is 4.39 Å². The molecular formula is C29H29F3N2O3. The van der Waals surface area contributed by atoms with Crippen LogP contribution >= 0.6 is 0 Å². The van der Waals surface area contributed by atoms with Gasteiger partial charge in [0, 0.05) is 36.2 Å². The summed E-state index contributed by atoms with van der Waals surface area (Å²) in [4.78, 5) is 17.9. The molecule has 1 aliphatic rings. The smallest absolute Gasteiger partial charge is 0.303 e. The number of ether oxygens (including phenoxy) is 1. The van der Waals surface area contributed by atoms with Gasteiger partial charge >= 0.3 is 5.97 Å². The number of pyridine rings is 1. The van der Waals surface area contributed by atoms with Crippen molar-refractivity contribution in [2.24, 2.45) is 11.8 Å². The number of hydrogen-bond donors (Lipinski definition) is 1. The van der Waals surface area contributed by atoms with Crippen LogP contribution in [0.3, 0.4) is 0 Å². The highest BCUT2D eigenvalue weighted by molar-refractivity contribution is 5.83. The molecule has 0 radical (unpaired) electrons. The van der Waals surface area contributed by atoms with E-state index in [1.165, 1.54) is 12.1 Å². The van der Waals surface area contributed by atoms with Gasteiger partial charge in [-0.1, -0.05) is 11.8 Å². The average molecular weight is 511 g/mol. The van der Waals surface area contributed by atoms with E-state index in [-0.39, 0.29) is 30.2 Å². The second-order valence-corrected chi connectivity index (χ2v) is 9.43. The summed E-state index contributed by atoms with van der Waals surface area (Å²) in [6.45, 7) is 1.58. The van der Waals surface area contributed by atoms with Crippen molar-refractivity contribution in [1.29, 1.82) is 0 Å². The lowest BCUT2D eigenvalue weighted by Crippen LogP contribution is -2.41. The van der Waals surface area contributed by atoms with Crippen molar-refractivity contribution < 1.29 is 27.8 Å². The monoisotopic (exact) mass is 510 g/mol. The van der Waals surface area contributed by atoms with E-state index in [1.807, 2.05) is 4.90 Å². The Morgan fingerprint density at radius 2 is 1.97 bits per heavy atom. The Hall–Kier alpha value is -3.57. The molecule has 0 amide bonds. The van der Waals surface area contributed by atoms with Gasteiger partial charge in [0.15, 0.2) is 0 Å². The maximum absolute atomic E-state index is 15.4. The van der Waals surface area contributed by atoms with Gasteiger partial charge in [0.05, 0.1) is 19.2 Å². The predicted octanol–water partition coefficient (Wildman–Crippen LogP) is 5.78. The van der Waals surface area contributed by atoms with E-state index in [1.54, 1.807) is 37.6 Å². The molecular weight excluding hydrogens is 481 g/mol. The zero-order valence-electron chi connectivity index (χ0n) is 20.6. The average Bonchev–Trinajstić information content (AvgIpc) is 2.86. The predicted molar refractivity (Wildman–Crippen MR) is 135 cm³/mol. The number of fused-ring (bicyclic) bond motifs is 1. The molecule has 0 unspecified atom stereocenters. The van der Waals surface area contributed by atoms with Gasteiger partial charge in [-0.05, 0) is 79.6 Å². The lowest BCUT2D eigenvalue weighted by molar-refractivity contribution is -0.139. The molecule has 1 saturated heterocycles. The maximum Gasteiger partial charge on any atom is 0.303 e. The van der Waals surface area contributed by atoms with Crippen LogP contribution in [-0.4, -0.2) is 47.7 Å². The van der Waals surface area contributed by atoms with E-state index in [0.717, 1.165) is 12.5 Å². The number of halogens is 3. The van der Waals surface area contributed by atoms with E-state index in [4.69, 9.17) is 4.74 Å². The molecule has 1 fully saturated rings. The molecule has 1 aliphatic heterocycles. The van der Waals surface area contributed by atoms with Crippen LogP contribution < -0.4 is 4.74 Å². The molecule has 0 spiro atoms. The second kappa shape index (κ2) is 12.1. The number of carboxylic acids is 1. The summed E-state index contributed by atoms with van der Waals surface area (Å²) in [6.07, 6.45) is 1.96. The van der Waals surface area contributed by atoms with E-state index in [2.05, 4.69) is 16.8 Å². The Kier molecular flexibility index (Phi) is 8.67. The van der Waals surface area contributed by atoms with Crippen LogP contribution in [0.5, 0.6) is 5.75 Å². The summed E-state index contributed by atoms with van der Waals surface area (Å²) < 4.78 is 47.5. The van der Waals surface area contributed by atoms with Gasteiger partial charge in [0.1, 0.15) is 23.6 Å². The molecule has 4 rings (SSSR count). The number of aromatic nitrogens is 1. The van der Waals surface area contributed by atoms with Gasteiger partial charge in [-0.25, -0.2) is 13.2 Å². The summed E-state index contributed by atoms with van der Waals surface area (Å²) in [5, 5.41) is 10.2. The number of benzene rings is 2. The first-order valence-corrected chi connectivity index (χ1v) is 12.3. The van der Waals surface area contributed by atoms with Crippen molar-refractivity contribution in [3.05, 3.63) is 71.4 Å². The molecule has 0 bridgehead atoms. The third-order valence-electron chi connectivity index (χ3n) is 6.92. The zero-order chi connectivity index (χ0) is 26.4. The molecule has 0 saturated carbocycles. The third-order valence-corrected chi connectivity index (χ3v) is 6.92. The van der Waals surface area contributed by atoms with Crippen molar-refractivity contribution in [2.75, 3.05) is 26.7 Å². The minimum atomic E-state index is -1.21. The first kappa shape index (κ1) is 26.5. The van der Waals surface area contributed by atoms with Gasteiger partial charge in [0.25, 0.3) is 0 Å². The summed E-state index contributed by atoms with van der Waals surface area (Å²) >= 11 is 0. The van der Waals surface area contributed by atoms with Crippen LogP contribution in [-0.2, 0) is 4.79 Å². The van der Waals surface area contributed by atoms with Crippen LogP contribution in [0.2, 0.25) is 0 Å². The minimum absolute atomic E-state index is 0.00393. The van der Waals surface area contributed by atoms with E-state index in [0.29, 0.717) is 48.3 Å². The lowest BCUT2D eigenvalue weighted by Gasteiger charge is -2.37. The summed E-state index contributed by atoms with van der Waals surface area (Å²) in [7, 11) is 1.56. The minimum Gasteiger partial charge on any atom is -0.497 e. The van der Waals surface area contributed by atoms with Gasteiger partial charge in [0.2, 0.25) is 0 Å². The fourth-order valence-electron chi connectivity index (χ4n) is 5.08. The van der Waals surface area contributed by atoms with Gasteiger partial charge < -0.3 is 9.84 Å². The SMILES string of the molecule is COc1ccc2nccc([C@H](F)CC[C@@H]3CCN(CC#Cc4cc(F)cc(F)c4)C[C@@H]3CC(=O)O)c2c1. The van der Waals surface area contributed by atoms with Crippen LogP contribution in [0.15, 0.2) is 48.7 Å². The number of hydrogen-bond acceptors (Lipinski definition) is 4. The topological polar surface area (TPSA) is 62.7 Å². The van der Waals surface area contributed by atoms with Gasteiger partial charge in [-0.3, -0.25) is 14.7 Å². The number of rotatable bonds is 8. The normalized spacial score (nSPS) is 18.7. The Bertz CT molecular complexity index is 1300.